The minimum Gasteiger partial charge on any atom is -0.497 e. The monoisotopic (exact) mass is 374 g/mol. The second-order valence-corrected chi connectivity index (χ2v) is 7.86. The summed E-state index contributed by atoms with van der Waals surface area (Å²) in [7, 11) is 1.58. The number of Topliss-reactive ketones (excluding diaryl/α,β-unsaturated/α-hetero) is 1. The standard InChI is InChI=1S/C17H14N2O4S2/c1-10(16(20)11-3-6-13(23-2)7-4-11)24-17-18-14-8-5-12(19(21)22)9-15(14)25-17/h3-10H,1-2H3/t10-/m1/s1. The lowest BCUT2D eigenvalue weighted by Crippen LogP contribution is -2.13. The van der Waals surface area contributed by atoms with Crippen LogP contribution in [0.5, 0.6) is 5.75 Å². The van der Waals surface area contributed by atoms with E-state index in [1.54, 1.807) is 37.4 Å². The van der Waals surface area contributed by atoms with Gasteiger partial charge in [0.05, 0.1) is 27.5 Å². The number of ether oxygens (including phenoxy) is 1. The third-order valence-electron chi connectivity index (χ3n) is 3.58. The number of methoxy groups -OCH3 is 1. The van der Waals surface area contributed by atoms with Gasteiger partial charge in [0.2, 0.25) is 0 Å². The van der Waals surface area contributed by atoms with Crippen molar-refractivity contribution >= 4 is 44.8 Å². The maximum Gasteiger partial charge on any atom is 0.270 e. The Hall–Kier alpha value is -2.45. The number of rotatable bonds is 6. The number of non-ortho nitro benzene ring substituents is 1. The molecule has 0 aliphatic carbocycles. The van der Waals surface area contributed by atoms with E-state index in [1.165, 1.54) is 35.2 Å². The van der Waals surface area contributed by atoms with Gasteiger partial charge in [-0.15, -0.1) is 11.3 Å². The largest absolute Gasteiger partial charge is 0.497 e. The third-order valence-corrected chi connectivity index (χ3v) is 5.80. The number of hydrogen-bond donors (Lipinski definition) is 0. The van der Waals surface area contributed by atoms with E-state index in [9.17, 15) is 14.9 Å². The first-order valence-corrected chi connectivity index (χ1v) is 9.07. The number of nitrogens with zero attached hydrogens (tertiary/aromatic N) is 2. The lowest BCUT2D eigenvalue weighted by Gasteiger charge is -2.08. The van der Waals surface area contributed by atoms with Crippen LogP contribution in [0.3, 0.4) is 0 Å². The molecule has 6 nitrogen and oxygen atoms in total. The fraction of sp³-hybridized carbons (Fsp3) is 0.176. The van der Waals surface area contributed by atoms with Crippen LogP contribution < -0.4 is 4.74 Å². The van der Waals surface area contributed by atoms with Crippen LogP contribution in [0.25, 0.3) is 10.2 Å². The second-order valence-electron chi connectivity index (χ2n) is 5.24. The number of thioether (sulfide) groups is 1. The molecule has 8 heteroatoms. The topological polar surface area (TPSA) is 82.3 Å². The number of ketones is 1. The molecule has 0 amide bonds. The van der Waals surface area contributed by atoms with Crippen molar-refractivity contribution in [1.82, 2.24) is 4.98 Å². The van der Waals surface area contributed by atoms with E-state index in [4.69, 9.17) is 4.74 Å². The highest BCUT2D eigenvalue weighted by molar-refractivity contribution is 8.02. The van der Waals surface area contributed by atoms with Crippen molar-refractivity contribution in [2.45, 2.75) is 16.5 Å². The first kappa shape index (κ1) is 17.4. The van der Waals surface area contributed by atoms with Crippen LogP contribution in [-0.2, 0) is 0 Å². The predicted octanol–water partition coefficient (Wildman–Crippen LogP) is 4.58. The average molecular weight is 374 g/mol. The van der Waals surface area contributed by atoms with Crippen molar-refractivity contribution in [3.8, 4) is 5.75 Å². The van der Waals surface area contributed by atoms with Gasteiger partial charge in [-0.3, -0.25) is 14.9 Å². The number of nitro benzene ring substituents is 1. The third kappa shape index (κ3) is 3.80. The quantitative estimate of drug-likeness (QED) is 0.272. The highest BCUT2D eigenvalue weighted by Crippen LogP contribution is 2.34. The van der Waals surface area contributed by atoms with Gasteiger partial charge in [0.15, 0.2) is 10.1 Å². The van der Waals surface area contributed by atoms with Gasteiger partial charge < -0.3 is 4.74 Å². The van der Waals surface area contributed by atoms with E-state index in [1.807, 2.05) is 6.92 Å². The van der Waals surface area contributed by atoms with Crippen molar-refractivity contribution in [2.75, 3.05) is 7.11 Å². The van der Waals surface area contributed by atoms with E-state index >= 15 is 0 Å². The van der Waals surface area contributed by atoms with Gasteiger partial charge >= 0.3 is 0 Å². The number of thiazole rings is 1. The molecule has 0 spiro atoms. The van der Waals surface area contributed by atoms with Crippen LogP contribution in [-0.4, -0.2) is 28.1 Å². The molecule has 0 saturated heterocycles. The summed E-state index contributed by atoms with van der Waals surface area (Å²) in [6.45, 7) is 1.83. The van der Waals surface area contributed by atoms with Gasteiger partial charge in [0.25, 0.3) is 5.69 Å². The molecule has 0 aliphatic heterocycles. The first-order valence-electron chi connectivity index (χ1n) is 7.38. The smallest absolute Gasteiger partial charge is 0.270 e. The summed E-state index contributed by atoms with van der Waals surface area (Å²) in [5.41, 5.74) is 1.34. The van der Waals surface area contributed by atoms with E-state index in [2.05, 4.69) is 4.98 Å². The van der Waals surface area contributed by atoms with Crippen molar-refractivity contribution in [3.05, 3.63) is 58.1 Å². The number of fused-ring (bicyclic) bond motifs is 1. The fourth-order valence-corrected chi connectivity index (χ4v) is 4.57. The average Bonchev–Trinajstić information content (AvgIpc) is 3.02. The first-order chi connectivity index (χ1) is 12.0. The Morgan fingerprint density at radius 2 is 2.00 bits per heavy atom. The van der Waals surface area contributed by atoms with Crippen LogP contribution in [0.1, 0.15) is 17.3 Å². The van der Waals surface area contributed by atoms with Crippen LogP contribution in [0.4, 0.5) is 5.69 Å². The number of carbonyl (C=O) groups excluding carboxylic acids is 1. The summed E-state index contributed by atoms with van der Waals surface area (Å²) in [6.07, 6.45) is 0. The zero-order valence-corrected chi connectivity index (χ0v) is 15.1. The lowest BCUT2D eigenvalue weighted by atomic mass is 10.1. The molecule has 1 heterocycles. The Balaban J connectivity index is 1.77. The van der Waals surface area contributed by atoms with Gasteiger partial charge in [0, 0.05) is 17.7 Å². The van der Waals surface area contributed by atoms with Crippen molar-refractivity contribution < 1.29 is 14.5 Å². The lowest BCUT2D eigenvalue weighted by molar-refractivity contribution is -0.384. The van der Waals surface area contributed by atoms with E-state index in [0.717, 1.165) is 4.70 Å². The summed E-state index contributed by atoms with van der Waals surface area (Å²) in [6, 6.07) is 11.5. The Morgan fingerprint density at radius 3 is 2.64 bits per heavy atom. The summed E-state index contributed by atoms with van der Waals surface area (Å²) in [5.74, 6) is 0.697. The molecule has 0 saturated carbocycles. The van der Waals surface area contributed by atoms with Crippen LogP contribution >= 0.6 is 23.1 Å². The maximum atomic E-state index is 12.5. The molecule has 0 N–H and O–H groups in total. The molecule has 128 valence electrons. The van der Waals surface area contributed by atoms with Crippen LogP contribution in [0.2, 0.25) is 0 Å². The Morgan fingerprint density at radius 1 is 1.28 bits per heavy atom. The summed E-state index contributed by atoms with van der Waals surface area (Å²) in [4.78, 5) is 27.4. The number of benzene rings is 2. The second kappa shape index (κ2) is 7.20. The molecule has 25 heavy (non-hydrogen) atoms. The zero-order valence-electron chi connectivity index (χ0n) is 13.5. The minimum atomic E-state index is -0.429. The number of nitro groups is 1. The van der Waals surface area contributed by atoms with E-state index < -0.39 is 4.92 Å². The zero-order chi connectivity index (χ0) is 18.0. The minimum absolute atomic E-state index is 0.00195. The summed E-state index contributed by atoms with van der Waals surface area (Å²) in [5, 5.41) is 10.5. The molecule has 3 aromatic rings. The molecule has 0 aliphatic rings. The molecule has 0 fully saturated rings. The molecule has 2 aromatic carbocycles. The predicted molar refractivity (Wildman–Crippen MR) is 98.9 cm³/mol. The SMILES string of the molecule is COc1ccc(C(=O)[C@@H](C)Sc2nc3ccc([N+](=O)[O-])cc3s2)cc1. The highest BCUT2D eigenvalue weighted by Gasteiger charge is 2.19. The van der Waals surface area contributed by atoms with Gasteiger partial charge in [-0.1, -0.05) is 11.8 Å². The number of hydrogen-bond acceptors (Lipinski definition) is 7. The highest BCUT2D eigenvalue weighted by atomic mass is 32.2. The van der Waals surface area contributed by atoms with Gasteiger partial charge in [0.1, 0.15) is 5.75 Å². The Kier molecular flexibility index (Phi) is 5.00. The van der Waals surface area contributed by atoms with Gasteiger partial charge in [-0.25, -0.2) is 4.98 Å². The van der Waals surface area contributed by atoms with Crippen LogP contribution in [0.15, 0.2) is 46.8 Å². The summed E-state index contributed by atoms with van der Waals surface area (Å²) >= 11 is 2.70. The van der Waals surface area contributed by atoms with Crippen molar-refractivity contribution in [3.63, 3.8) is 0 Å². The molecule has 1 atom stereocenters. The molecule has 1 aromatic heterocycles. The number of aromatic nitrogens is 1. The van der Waals surface area contributed by atoms with Gasteiger partial charge in [-0.2, -0.15) is 0 Å². The van der Waals surface area contributed by atoms with Crippen molar-refractivity contribution in [2.24, 2.45) is 0 Å². The maximum absolute atomic E-state index is 12.5. The molecule has 0 radical (unpaired) electrons. The molecular formula is C17H14N2O4S2. The molecule has 0 bridgehead atoms. The molecule has 3 rings (SSSR count). The number of carbonyl (C=O) groups is 1. The Labute approximate surface area is 152 Å². The Bertz CT molecular complexity index is 937. The fourth-order valence-electron chi connectivity index (χ4n) is 2.25. The normalized spacial score (nSPS) is 12.1. The van der Waals surface area contributed by atoms with Crippen molar-refractivity contribution in [1.29, 1.82) is 0 Å². The van der Waals surface area contributed by atoms with E-state index in [-0.39, 0.29) is 16.7 Å². The van der Waals surface area contributed by atoms with E-state index in [0.29, 0.717) is 21.2 Å². The molecular weight excluding hydrogens is 360 g/mol. The summed E-state index contributed by atoms with van der Waals surface area (Å²) < 4.78 is 6.54. The van der Waals surface area contributed by atoms with Gasteiger partial charge in [-0.05, 0) is 37.3 Å². The molecule has 0 unspecified atom stereocenters. The van der Waals surface area contributed by atoms with Crippen LogP contribution in [0, 0.1) is 10.1 Å².